The van der Waals surface area contributed by atoms with Crippen LogP contribution in [0, 0.1) is 0 Å². The number of nitrogen functional groups attached to an aromatic ring is 1. The van der Waals surface area contributed by atoms with E-state index in [2.05, 4.69) is 12.1 Å². The SMILES string of the molecule is Nc1ccc2nc(C(=O)C3CCc4ccccc43)c(C(=O)C3CCc4ccccc43)cc2c1. The maximum absolute atomic E-state index is 13.9. The van der Waals surface area contributed by atoms with E-state index >= 15 is 0 Å². The van der Waals surface area contributed by atoms with Crippen LogP contribution in [0.1, 0.15) is 67.8 Å². The van der Waals surface area contributed by atoms with Crippen LogP contribution < -0.4 is 5.73 Å². The van der Waals surface area contributed by atoms with E-state index in [1.807, 2.05) is 54.6 Å². The van der Waals surface area contributed by atoms with Crippen LogP contribution in [0.25, 0.3) is 10.9 Å². The molecule has 0 radical (unpaired) electrons. The van der Waals surface area contributed by atoms with Crippen molar-refractivity contribution in [3.63, 3.8) is 0 Å². The zero-order chi connectivity index (χ0) is 22.5. The van der Waals surface area contributed by atoms with Gasteiger partial charge in [-0.15, -0.1) is 0 Å². The lowest BCUT2D eigenvalue weighted by molar-refractivity contribution is 0.0922. The number of carbonyl (C=O) groups is 2. The first-order chi connectivity index (χ1) is 16.1. The number of pyridine rings is 1. The number of anilines is 1. The van der Waals surface area contributed by atoms with E-state index in [1.54, 1.807) is 6.07 Å². The van der Waals surface area contributed by atoms with E-state index in [0.717, 1.165) is 42.2 Å². The van der Waals surface area contributed by atoms with Crippen molar-refractivity contribution in [3.8, 4) is 0 Å². The summed E-state index contributed by atoms with van der Waals surface area (Å²) in [6.45, 7) is 0. The van der Waals surface area contributed by atoms with E-state index in [-0.39, 0.29) is 23.4 Å². The zero-order valence-corrected chi connectivity index (χ0v) is 18.3. The molecule has 0 aliphatic heterocycles. The molecular formula is C29H24N2O2. The number of nitrogens with two attached hydrogens (primary N) is 1. The highest BCUT2D eigenvalue weighted by Crippen LogP contribution is 2.39. The standard InChI is InChI=1S/C29H24N2O2/c30-20-11-14-26-19(15-20)16-25(28(32)23-12-9-17-5-1-3-7-21(17)23)27(31-26)29(33)24-13-10-18-6-2-4-8-22(18)24/h1-8,11,14-16,23-24H,9-10,12-13,30H2. The molecule has 0 saturated carbocycles. The van der Waals surface area contributed by atoms with Gasteiger partial charge in [-0.25, -0.2) is 4.98 Å². The monoisotopic (exact) mass is 432 g/mol. The average molecular weight is 433 g/mol. The molecule has 4 heteroatoms. The number of rotatable bonds is 4. The van der Waals surface area contributed by atoms with E-state index in [4.69, 9.17) is 10.7 Å². The molecule has 4 aromatic rings. The van der Waals surface area contributed by atoms with Gasteiger partial charge in [0.05, 0.1) is 5.52 Å². The molecule has 0 amide bonds. The lowest BCUT2D eigenvalue weighted by Gasteiger charge is -2.17. The van der Waals surface area contributed by atoms with Gasteiger partial charge in [-0.2, -0.15) is 0 Å². The highest BCUT2D eigenvalue weighted by atomic mass is 16.1. The molecule has 0 fully saturated rings. The van der Waals surface area contributed by atoms with Crippen LogP contribution in [0.3, 0.4) is 0 Å². The highest BCUT2D eigenvalue weighted by molar-refractivity contribution is 6.14. The first-order valence-electron chi connectivity index (χ1n) is 11.5. The number of fused-ring (bicyclic) bond motifs is 3. The van der Waals surface area contributed by atoms with Crippen molar-refractivity contribution >= 4 is 28.2 Å². The summed E-state index contributed by atoms with van der Waals surface area (Å²) in [5, 5.41) is 0.785. The van der Waals surface area contributed by atoms with Crippen LogP contribution in [0.2, 0.25) is 0 Å². The molecule has 4 nitrogen and oxygen atoms in total. The van der Waals surface area contributed by atoms with Gasteiger partial charge in [0.25, 0.3) is 0 Å². The number of aromatic nitrogens is 1. The van der Waals surface area contributed by atoms with Crippen LogP contribution in [0.4, 0.5) is 5.69 Å². The summed E-state index contributed by atoms with van der Waals surface area (Å²) in [5.74, 6) is -0.592. The zero-order valence-electron chi connectivity index (χ0n) is 18.3. The van der Waals surface area contributed by atoms with E-state index in [1.165, 1.54) is 11.1 Å². The molecule has 2 N–H and O–H groups in total. The van der Waals surface area contributed by atoms with Gasteiger partial charge in [-0.1, -0.05) is 48.5 Å². The van der Waals surface area contributed by atoms with Crippen molar-refractivity contribution in [1.82, 2.24) is 4.98 Å². The van der Waals surface area contributed by atoms with Crippen molar-refractivity contribution in [3.05, 3.63) is 106 Å². The molecule has 2 aliphatic carbocycles. The summed E-state index contributed by atoms with van der Waals surface area (Å²) in [5.41, 5.74) is 12.6. The predicted molar refractivity (Wildman–Crippen MR) is 130 cm³/mol. The van der Waals surface area contributed by atoms with Gasteiger partial charge in [0.15, 0.2) is 11.6 Å². The summed E-state index contributed by atoms with van der Waals surface area (Å²) in [6.07, 6.45) is 3.25. The Labute approximate surface area is 192 Å². The molecule has 2 aliphatic rings. The molecular weight excluding hydrogens is 408 g/mol. The van der Waals surface area contributed by atoms with E-state index < -0.39 is 0 Å². The van der Waals surface area contributed by atoms with E-state index in [9.17, 15) is 9.59 Å². The number of nitrogens with zero attached hydrogens (tertiary/aromatic N) is 1. The van der Waals surface area contributed by atoms with Gasteiger partial charge in [-0.3, -0.25) is 9.59 Å². The van der Waals surface area contributed by atoms with Crippen molar-refractivity contribution in [2.45, 2.75) is 37.5 Å². The number of aryl methyl sites for hydroxylation is 2. The van der Waals surface area contributed by atoms with Crippen LogP contribution in [-0.4, -0.2) is 16.6 Å². The first-order valence-corrected chi connectivity index (χ1v) is 11.5. The largest absolute Gasteiger partial charge is 0.399 e. The molecule has 33 heavy (non-hydrogen) atoms. The Bertz CT molecular complexity index is 1440. The predicted octanol–water partition coefficient (Wildman–Crippen LogP) is 5.64. The molecule has 2 unspecified atom stereocenters. The quantitative estimate of drug-likeness (QED) is 0.334. The second-order valence-electron chi connectivity index (χ2n) is 9.15. The van der Waals surface area contributed by atoms with Gasteiger partial charge >= 0.3 is 0 Å². The molecule has 1 aromatic heterocycles. The van der Waals surface area contributed by atoms with Gasteiger partial charge in [-0.05, 0) is 72.2 Å². The molecule has 2 atom stereocenters. The second-order valence-corrected chi connectivity index (χ2v) is 9.15. The van der Waals surface area contributed by atoms with Crippen LogP contribution in [0.5, 0.6) is 0 Å². The Morgan fingerprint density at radius 2 is 1.36 bits per heavy atom. The third-order valence-corrected chi connectivity index (χ3v) is 7.24. The lowest BCUT2D eigenvalue weighted by Crippen LogP contribution is -2.20. The summed E-state index contributed by atoms with van der Waals surface area (Å²) in [6, 6.07) is 23.5. The smallest absolute Gasteiger partial charge is 0.189 e. The summed E-state index contributed by atoms with van der Waals surface area (Å²) in [7, 11) is 0. The van der Waals surface area contributed by atoms with Gasteiger partial charge in [0, 0.05) is 28.5 Å². The molecule has 162 valence electrons. The second kappa shape index (κ2) is 7.66. The molecule has 6 rings (SSSR count). The number of hydrogen-bond donors (Lipinski definition) is 1. The summed E-state index contributed by atoms with van der Waals surface area (Å²) < 4.78 is 0. The fraction of sp³-hybridized carbons (Fsp3) is 0.207. The minimum atomic E-state index is -0.262. The first kappa shape index (κ1) is 19.9. The van der Waals surface area contributed by atoms with Crippen LogP contribution in [0.15, 0.2) is 72.8 Å². The normalized spacial score (nSPS) is 18.8. The topological polar surface area (TPSA) is 73.0 Å². The van der Waals surface area contributed by atoms with Gasteiger partial charge in [0.1, 0.15) is 5.69 Å². The number of hydrogen-bond acceptors (Lipinski definition) is 4. The fourth-order valence-electron chi connectivity index (χ4n) is 5.58. The molecule has 0 bridgehead atoms. The van der Waals surface area contributed by atoms with Gasteiger partial charge in [0.2, 0.25) is 0 Å². The molecule has 0 saturated heterocycles. The van der Waals surface area contributed by atoms with Gasteiger partial charge < -0.3 is 5.73 Å². The van der Waals surface area contributed by atoms with Crippen molar-refractivity contribution in [2.24, 2.45) is 0 Å². The number of carbonyl (C=O) groups excluding carboxylic acids is 2. The van der Waals surface area contributed by atoms with E-state index in [0.29, 0.717) is 22.5 Å². The minimum Gasteiger partial charge on any atom is -0.399 e. The van der Waals surface area contributed by atoms with Crippen molar-refractivity contribution < 1.29 is 9.59 Å². The Hall–Kier alpha value is -3.79. The average Bonchev–Trinajstić information content (AvgIpc) is 3.47. The number of benzene rings is 3. The Kier molecular flexibility index (Phi) is 4.61. The minimum absolute atomic E-state index is 0.0218. The molecule has 3 aromatic carbocycles. The molecule has 0 spiro atoms. The van der Waals surface area contributed by atoms with Crippen LogP contribution >= 0.6 is 0 Å². The highest BCUT2D eigenvalue weighted by Gasteiger charge is 2.35. The number of ketones is 2. The lowest BCUT2D eigenvalue weighted by atomic mass is 9.86. The Balaban J connectivity index is 1.49. The molecule has 1 heterocycles. The third kappa shape index (κ3) is 3.25. The fourth-order valence-corrected chi connectivity index (χ4v) is 5.58. The van der Waals surface area contributed by atoms with Crippen molar-refractivity contribution in [1.29, 1.82) is 0 Å². The maximum atomic E-state index is 13.9. The number of Topliss-reactive ketones (excluding diaryl/α,β-unsaturated/α-hetero) is 2. The third-order valence-electron chi connectivity index (χ3n) is 7.24. The maximum Gasteiger partial charge on any atom is 0.189 e. The summed E-state index contributed by atoms with van der Waals surface area (Å²) in [4.78, 5) is 32.5. The summed E-state index contributed by atoms with van der Waals surface area (Å²) >= 11 is 0. The van der Waals surface area contributed by atoms with Crippen LogP contribution in [-0.2, 0) is 12.8 Å². The van der Waals surface area contributed by atoms with Crippen molar-refractivity contribution in [2.75, 3.05) is 5.73 Å². The Morgan fingerprint density at radius 3 is 2.03 bits per heavy atom. The Morgan fingerprint density at radius 1 is 0.758 bits per heavy atom.